The van der Waals surface area contributed by atoms with Crippen molar-refractivity contribution in [3.63, 3.8) is 0 Å². The lowest BCUT2D eigenvalue weighted by Crippen LogP contribution is -2.32. The minimum atomic E-state index is 0.483. The number of hydrogen-bond donors (Lipinski definition) is 0. The van der Waals surface area contributed by atoms with E-state index in [2.05, 4.69) is 18.7 Å². The highest BCUT2D eigenvalue weighted by atomic mass is 35.5. The van der Waals surface area contributed by atoms with Crippen LogP contribution in [0, 0.1) is 5.41 Å². The van der Waals surface area contributed by atoms with Crippen LogP contribution >= 0.6 is 11.6 Å². The Morgan fingerprint density at radius 1 is 1.38 bits per heavy atom. The molecule has 0 aromatic rings. The Labute approximate surface area is 86.8 Å². The van der Waals surface area contributed by atoms with Gasteiger partial charge < -0.3 is 0 Å². The second kappa shape index (κ2) is 5.02. The zero-order valence-corrected chi connectivity index (χ0v) is 9.48. The molecular formula is C11H20ClN. The summed E-state index contributed by atoms with van der Waals surface area (Å²) >= 11 is 5.53. The third-order valence-corrected chi connectivity index (χ3v) is 2.86. The molecule has 76 valence electrons. The summed E-state index contributed by atoms with van der Waals surface area (Å²) in [5.41, 5.74) is 2.11. The maximum Gasteiger partial charge on any atom is 0.0175 e. The molecule has 0 aromatic carbocycles. The van der Waals surface area contributed by atoms with Gasteiger partial charge in [-0.1, -0.05) is 37.9 Å². The lowest BCUT2D eigenvalue weighted by atomic mass is 9.88. The summed E-state index contributed by atoms with van der Waals surface area (Å²) in [5.74, 6) is 0. The van der Waals surface area contributed by atoms with Gasteiger partial charge in [0.25, 0.3) is 0 Å². The van der Waals surface area contributed by atoms with E-state index in [0.29, 0.717) is 5.41 Å². The largest absolute Gasteiger partial charge is 0.299 e. The van der Waals surface area contributed by atoms with Crippen molar-refractivity contribution in [2.45, 2.75) is 33.1 Å². The van der Waals surface area contributed by atoms with Crippen molar-refractivity contribution in [1.82, 2.24) is 4.90 Å². The first-order valence-corrected chi connectivity index (χ1v) is 5.55. The number of halogens is 1. The van der Waals surface area contributed by atoms with Crippen LogP contribution in [-0.2, 0) is 0 Å². The molecule has 0 amide bonds. The molecule has 0 atom stereocenters. The predicted molar refractivity (Wildman–Crippen MR) is 59.1 cm³/mol. The van der Waals surface area contributed by atoms with E-state index in [-0.39, 0.29) is 0 Å². The molecule has 0 bridgehead atoms. The number of likely N-dealkylation sites (tertiary alicyclic amines) is 1. The molecule has 1 nitrogen and oxygen atoms in total. The Morgan fingerprint density at radius 3 is 2.85 bits per heavy atom. The molecule has 0 saturated carbocycles. The molecular weight excluding hydrogens is 182 g/mol. The smallest absolute Gasteiger partial charge is 0.0175 e. The van der Waals surface area contributed by atoms with Crippen LogP contribution in [0.4, 0.5) is 0 Å². The third kappa shape index (κ3) is 4.15. The van der Waals surface area contributed by atoms with Crippen molar-refractivity contribution in [3.8, 4) is 0 Å². The second-order valence-corrected chi connectivity index (χ2v) is 4.97. The molecule has 1 heterocycles. The third-order valence-electron chi connectivity index (χ3n) is 2.68. The maximum atomic E-state index is 5.53. The van der Waals surface area contributed by atoms with E-state index < -0.39 is 0 Å². The quantitative estimate of drug-likeness (QED) is 0.663. The van der Waals surface area contributed by atoms with Crippen LogP contribution in [0.3, 0.4) is 0 Å². The van der Waals surface area contributed by atoms with Gasteiger partial charge >= 0.3 is 0 Å². The van der Waals surface area contributed by atoms with E-state index in [1.165, 1.54) is 32.4 Å². The Kier molecular flexibility index (Phi) is 4.27. The van der Waals surface area contributed by atoms with Gasteiger partial charge in [-0.25, -0.2) is 0 Å². The Morgan fingerprint density at radius 2 is 2.15 bits per heavy atom. The molecule has 1 aliphatic rings. The van der Waals surface area contributed by atoms with E-state index in [1.54, 1.807) is 5.54 Å². The zero-order chi connectivity index (χ0) is 9.73. The van der Waals surface area contributed by atoms with Gasteiger partial charge in [0.15, 0.2) is 0 Å². The summed E-state index contributed by atoms with van der Waals surface area (Å²) in [6, 6.07) is 0. The summed E-state index contributed by atoms with van der Waals surface area (Å²) in [5, 5.41) is 0. The molecule has 0 unspecified atom stereocenters. The van der Waals surface area contributed by atoms with Crippen molar-refractivity contribution >= 4 is 11.6 Å². The van der Waals surface area contributed by atoms with Crippen molar-refractivity contribution in [2.75, 3.05) is 19.6 Å². The first-order valence-electron chi connectivity index (χ1n) is 5.12. The minimum Gasteiger partial charge on any atom is -0.299 e. The van der Waals surface area contributed by atoms with E-state index in [4.69, 9.17) is 11.6 Å². The summed E-state index contributed by atoms with van der Waals surface area (Å²) in [4.78, 5) is 2.49. The average molecular weight is 202 g/mol. The topological polar surface area (TPSA) is 3.24 Å². The van der Waals surface area contributed by atoms with Crippen LogP contribution < -0.4 is 0 Å². The molecule has 0 spiro atoms. The molecule has 0 aliphatic carbocycles. The van der Waals surface area contributed by atoms with E-state index in [1.807, 2.05) is 6.08 Å². The highest BCUT2D eigenvalue weighted by molar-refractivity contribution is 6.25. The molecule has 2 heteroatoms. The van der Waals surface area contributed by atoms with Gasteiger partial charge in [-0.05, 0) is 24.8 Å². The molecule has 1 aliphatic heterocycles. The fourth-order valence-corrected chi connectivity index (χ4v) is 2.13. The normalized spacial score (nSPS) is 24.8. The van der Waals surface area contributed by atoms with E-state index >= 15 is 0 Å². The lowest BCUT2D eigenvalue weighted by Gasteiger charge is -2.28. The van der Waals surface area contributed by atoms with Crippen LogP contribution in [0.15, 0.2) is 11.6 Å². The van der Waals surface area contributed by atoms with Gasteiger partial charge in [-0.3, -0.25) is 4.90 Å². The SMILES string of the molecule is CC1(C)CCCCN(C/C=C/Cl)C1. The van der Waals surface area contributed by atoms with E-state index in [0.717, 1.165) is 6.54 Å². The van der Waals surface area contributed by atoms with Gasteiger partial charge in [0.1, 0.15) is 0 Å². The van der Waals surface area contributed by atoms with Crippen molar-refractivity contribution in [3.05, 3.63) is 11.6 Å². The standard InChI is InChI=1S/C11H20ClN/c1-11(2)6-3-4-8-13(10-11)9-5-7-12/h5,7H,3-4,6,8-10H2,1-2H3/b7-5+. The van der Waals surface area contributed by atoms with Crippen molar-refractivity contribution < 1.29 is 0 Å². The molecule has 0 aromatic heterocycles. The predicted octanol–water partition coefficient (Wildman–Crippen LogP) is 3.25. The molecule has 0 radical (unpaired) electrons. The summed E-state index contributed by atoms with van der Waals surface area (Å²) < 4.78 is 0. The number of rotatable bonds is 2. The molecule has 1 rings (SSSR count). The van der Waals surface area contributed by atoms with E-state index in [9.17, 15) is 0 Å². The lowest BCUT2D eigenvalue weighted by molar-refractivity contribution is 0.211. The highest BCUT2D eigenvalue weighted by Gasteiger charge is 2.23. The molecule has 0 N–H and O–H groups in total. The van der Waals surface area contributed by atoms with Gasteiger partial charge in [0.2, 0.25) is 0 Å². The Balaban J connectivity index is 2.44. The first kappa shape index (κ1) is 11.1. The number of hydrogen-bond acceptors (Lipinski definition) is 1. The zero-order valence-electron chi connectivity index (χ0n) is 8.72. The maximum absolute atomic E-state index is 5.53. The van der Waals surface area contributed by atoms with Crippen LogP contribution in [0.5, 0.6) is 0 Å². The fraction of sp³-hybridized carbons (Fsp3) is 0.818. The average Bonchev–Trinajstić information content (AvgIpc) is 2.22. The Bertz CT molecular complexity index is 175. The van der Waals surface area contributed by atoms with Crippen molar-refractivity contribution in [1.29, 1.82) is 0 Å². The monoisotopic (exact) mass is 201 g/mol. The molecule has 1 fully saturated rings. The van der Waals surface area contributed by atoms with Crippen LogP contribution in [0.25, 0.3) is 0 Å². The summed E-state index contributed by atoms with van der Waals surface area (Å²) in [6.45, 7) is 8.15. The summed E-state index contributed by atoms with van der Waals surface area (Å²) in [6.07, 6.45) is 6.09. The van der Waals surface area contributed by atoms with Crippen LogP contribution in [-0.4, -0.2) is 24.5 Å². The first-order chi connectivity index (χ1) is 6.14. The molecule has 1 saturated heterocycles. The van der Waals surface area contributed by atoms with Crippen molar-refractivity contribution in [2.24, 2.45) is 5.41 Å². The molecule has 13 heavy (non-hydrogen) atoms. The highest BCUT2D eigenvalue weighted by Crippen LogP contribution is 2.27. The number of nitrogens with zero attached hydrogens (tertiary/aromatic N) is 1. The van der Waals surface area contributed by atoms with Gasteiger partial charge in [-0.2, -0.15) is 0 Å². The summed E-state index contributed by atoms with van der Waals surface area (Å²) in [7, 11) is 0. The van der Waals surface area contributed by atoms with Gasteiger partial charge in [0, 0.05) is 18.6 Å². The van der Waals surface area contributed by atoms with Gasteiger partial charge in [0.05, 0.1) is 0 Å². The van der Waals surface area contributed by atoms with Gasteiger partial charge in [-0.15, -0.1) is 0 Å². The Hall–Kier alpha value is -0.0100. The minimum absolute atomic E-state index is 0.483. The van der Waals surface area contributed by atoms with Crippen LogP contribution in [0.1, 0.15) is 33.1 Å². The fourth-order valence-electron chi connectivity index (χ4n) is 2.05. The van der Waals surface area contributed by atoms with Crippen LogP contribution in [0.2, 0.25) is 0 Å². The second-order valence-electron chi connectivity index (χ2n) is 4.72.